The fraction of sp³-hybridized carbons (Fsp3) is 0.400. The molecule has 1 aromatic carbocycles. The van der Waals surface area contributed by atoms with Gasteiger partial charge in [-0.2, -0.15) is 0 Å². The second-order valence-corrected chi connectivity index (χ2v) is 3.12. The van der Waals surface area contributed by atoms with Crippen LogP contribution in [0.25, 0.3) is 0 Å². The summed E-state index contributed by atoms with van der Waals surface area (Å²) < 4.78 is 0. The number of aliphatic hydroxyl groups is 3. The minimum atomic E-state index is -0.915. The molecular formula is C10H14O3. The zero-order chi connectivity index (χ0) is 9.73. The summed E-state index contributed by atoms with van der Waals surface area (Å²) in [6.45, 7) is -0.780. The summed E-state index contributed by atoms with van der Waals surface area (Å²) in [6, 6.07) is 9.03. The van der Waals surface area contributed by atoms with Crippen LogP contribution in [0.5, 0.6) is 0 Å². The lowest BCUT2D eigenvalue weighted by Gasteiger charge is -2.27. The van der Waals surface area contributed by atoms with Gasteiger partial charge in [-0.3, -0.25) is 0 Å². The third-order valence-electron chi connectivity index (χ3n) is 2.29. The van der Waals surface area contributed by atoms with Crippen LogP contribution in [0.3, 0.4) is 0 Å². The Bertz CT molecular complexity index is 233. The Balaban J connectivity index is 3.01. The third kappa shape index (κ3) is 1.88. The Kier molecular flexibility index (Phi) is 3.42. The first-order valence-electron chi connectivity index (χ1n) is 4.17. The summed E-state index contributed by atoms with van der Waals surface area (Å²) in [5.74, 6) is 0. The lowest BCUT2D eigenvalue weighted by atomic mass is 9.83. The van der Waals surface area contributed by atoms with Gasteiger partial charge in [-0.25, -0.2) is 0 Å². The molecule has 0 aliphatic carbocycles. The normalized spacial score (nSPS) is 11.6. The van der Waals surface area contributed by atoms with Crippen molar-refractivity contribution in [2.45, 2.75) is 5.41 Å². The predicted molar refractivity (Wildman–Crippen MR) is 49.4 cm³/mol. The Morgan fingerprint density at radius 3 is 1.69 bits per heavy atom. The molecule has 3 heteroatoms. The van der Waals surface area contributed by atoms with Gasteiger partial charge in [-0.1, -0.05) is 30.3 Å². The summed E-state index contributed by atoms with van der Waals surface area (Å²) in [6.07, 6.45) is 0. The Morgan fingerprint density at radius 2 is 1.31 bits per heavy atom. The topological polar surface area (TPSA) is 60.7 Å². The van der Waals surface area contributed by atoms with Gasteiger partial charge < -0.3 is 15.3 Å². The molecule has 13 heavy (non-hydrogen) atoms. The van der Waals surface area contributed by atoms with Crippen molar-refractivity contribution in [2.75, 3.05) is 19.8 Å². The molecule has 0 unspecified atom stereocenters. The highest BCUT2D eigenvalue weighted by Gasteiger charge is 2.29. The van der Waals surface area contributed by atoms with Gasteiger partial charge in [0.05, 0.1) is 25.2 Å². The molecule has 0 atom stereocenters. The highest BCUT2D eigenvalue weighted by molar-refractivity contribution is 5.25. The van der Waals surface area contributed by atoms with E-state index in [1.807, 2.05) is 18.2 Å². The highest BCUT2D eigenvalue weighted by Crippen LogP contribution is 2.22. The summed E-state index contributed by atoms with van der Waals surface area (Å²) >= 11 is 0. The third-order valence-corrected chi connectivity index (χ3v) is 2.29. The fourth-order valence-corrected chi connectivity index (χ4v) is 1.22. The molecule has 0 saturated carbocycles. The Morgan fingerprint density at radius 1 is 0.846 bits per heavy atom. The maximum Gasteiger partial charge on any atom is 0.0645 e. The molecule has 0 aliphatic rings. The molecule has 0 aromatic heterocycles. The van der Waals surface area contributed by atoms with E-state index in [4.69, 9.17) is 15.3 Å². The first-order valence-corrected chi connectivity index (χ1v) is 4.17. The van der Waals surface area contributed by atoms with E-state index in [1.54, 1.807) is 12.1 Å². The zero-order valence-corrected chi connectivity index (χ0v) is 7.35. The standard InChI is InChI=1S/C10H14O3/c11-6-10(7-12,8-13)9-4-2-1-3-5-9/h1-5,11-13H,6-8H2. The second-order valence-electron chi connectivity index (χ2n) is 3.12. The van der Waals surface area contributed by atoms with Crippen molar-refractivity contribution in [3.63, 3.8) is 0 Å². The molecule has 0 radical (unpaired) electrons. The average Bonchev–Trinajstić information content (AvgIpc) is 2.23. The molecule has 0 amide bonds. The molecule has 0 aliphatic heterocycles. The molecule has 72 valence electrons. The molecule has 0 saturated heterocycles. The van der Waals surface area contributed by atoms with E-state index in [9.17, 15) is 0 Å². The Labute approximate surface area is 77.3 Å². The van der Waals surface area contributed by atoms with Crippen LogP contribution in [0.1, 0.15) is 5.56 Å². The van der Waals surface area contributed by atoms with E-state index in [1.165, 1.54) is 0 Å². The van der Waals surface area contributed by atoms with E-state index < -0.39 is 5.41 Å². The number of aliphatic hydroxyl groups excluding tert-OH is 3. The largest absolute Gasteiger partial charge is 0.395 e. The summed E-state index contributed by atoms with van der Waals surface area (Å²) in [4.78, 5) is 0. The number of hydrogen-bond donors (Lipinski definition) is 3. The van der Waals surface area contributed by atoms with Crippen LogP contribution in [0.2, 0.25) is 0 Å². The van der Waals surface area contributed by atoms with Gasteiger partial charge in [0, 0.05) is 0 Å². The minimum absolute atomic E-state index is 0.260. The van der Waals surface area contributed by atoms with E-state index in [0.29, 0.717) is 0 Å². The lowest BCUT2D eigenvalue weighted by Crippen LogP contribution is -2.38. The fourth-order valence-electron chi connectivity index (χ4n) is 1.22. The molecule has 0 spiro atoms. The number of benzene rings is 1. The highest BCUT2D eigenvalue weighted by atomic mass is 16.3. The van der Waals surface area contributed by atoms with Gasteiger partial charge in [0.25, 0.3) is 0 Å². The first-order chi connectivity index (χ1) is 6.29. The molecule has 1 aromatic rings. The van der Waals surface area contributed by atoms with Gasteiger partial charge in [0.15, 0.2) is 0 Å². The van der Waals surface area contributed by atoms with Crippen molar-refractivity contribution in [3.8, 4) is 0 Å². The van der Waals surface area contributed by atoms with Crippen LogP contribution in [-0.4, -0.2) is 35.1 Å². The average molecular weight is 182 g/mol. The van der Waals surface area contributed by atoms with Crippen molar-refractivity contribution >= 4 is 0 Å². The van der Waals surface area contributed by atoms with Crippen LogP contribution in [0.15, 0.2) is 30.3 Å². The minimum Gasteiger partial charge on any atom is -0.395 e. The summed E-state index contributed by atoms with van der Waals surface area (Å²) in [7, 11) is 0. The monoisotopic (exact) mass is 182 g/mol. The predicted octanol–water partition coefficient (Wildman–Crippen LogP) is -0.0987. The maximum absolute atomic E-state index is 9.11. The van der Waals surface area contributed by atoms with E-state index in [0.717, 1.165) is 5.56 Å². The smallest absolute Gasteiger partial charge is 0.0645 e. The second kappa shape index (κ2) is 4.37. The van der Waals surface area contributed by atoms with E-state index in [2.05, 4.69) is 0 Å². The van der Waals surface area contributed by atoms with Crippen LogP contribution in [-0.2, 0) is 5.41 Å². The lowest BCUT2D eigenvalue weighted by molar-refractivity contribution is 0.0641. The van der Waals surface area contributed by atoms with Crippen LogP contribution in [0, 0.1) is 0 Å². The molecule has 3 N–H and O–H groups in total. The maximum atomic E-state index is 9.11. The first kappa shape index (κ1) is 10.2. The molecule has 0 bridgehead atoms. The summed E-state index contributed by atoms with van der Waals surface area (Å²) in [5.41, 5.74) is -0.163. The number of hydrogen-bond acceptors (Lipinski definition) is 3. The van der Waals surface area contributed by atoms with Crippen molar-refractivity contribution in [1.29, 1.82) is 0 Å². The van der Waals surface area contributed by atoms with Crippen LogP contribution < -0.4 is 0 Å². The van der Waals surface area contributed by atoms with Crippen molar-refractivity contribution in [1.82, 2.24) is 0 Å². The van der Waals surface area contributed by atoms with Crippen molar-refractivity contribution < 1.29 is 15.3 Å². The molecule has 3 nitrogen and oxygen atoms in total. The SMILES string of the molecule is OCC(CO)(CO)c1ccccc1. The van der Waals surface area contributed by atoms with Crippen LogP contribution in [0.4, 0.5) is 0 Å². The van der Waals surface area contributed by atoms with Crippen molar-refractivity contribution in [3.05, 3.63) is 35.9 Å². The molecule has 0 heterocycles. The van der Waals surface area contributed by atoms with Gasteiger partial charge in [-0.15, -0.1) is 0 Å². The quantitative estimate of drug-likeness (QED) is 0.609. The van der Waals surface area contributed by atoms with E-state index >= 15 is 0 Å². The summed E-state index contributed by atoms with van der Waals surface area (Å²) in [5, 5.41) is 27.3. The van der Waals surface area contributed by atoms with Gasteiger partial charge >= 0.3 is 0 Å². The Hall–Kier alpha value is -0.900. The van der Waals surface area contributed by atoms with Gasteiger partial charge in [0.1, 0.15) is 0 Å². The molecule has 1 rings (SSSR count). The molecular weight excluding hydrogens is 168 g/mol. The zero-order valence-electron chi connectivity index (χ0n) is 7.35. The van der Waals surface area contributed by atoms with E-state index in [-0.39, 0.29) is 19.8 Å². The van der Waals surface area contributed by atoms with Gasteiger partial charge in [0.2, 0.25) is 0 Å². The number of rotatable bonds is 4. The van der Waals surface area contributed by atoms with Gasteiger partial charge in [-0.05, 0) is 5.56 Å². The molecule has 0 fully saturated rings. The van der Waals surface area contributed by atoms with Crippen LogP contribution >= 0.6 is 0 Å². The van der Waals surface area contributed by atoms with Crippen molar-refractivity contribution in [2.24, 2.45) is 0 Å².